The van der Waals surface area contributed by atoms with E-state index in [-0.39, 0.29) is 5.75 Å². The van der Waals surface area contributed by atoms with Gasteiger partial charge in [-0.1, -0.05) is 18.2 Å². The Morgan fingerprint density at radius 3 is 2.37 bits per heavy atom. The number of ether oxygens (including phenoxy) is 2. The van der Waals surface area contributed by atoms with Gasteiger partial charge in [0.1, 0.15) is 11.5 Å². The van der Waals surface area contributed by atoms with Crippen LogP contribution in [0.1, 0.15) is 0 Å². The first-order valence-electron chi connectivity index (χ1n) is 8.31. The summed E-state index contributed by atoms with van der Waals surface area (Å²) in [6, 6.07) is 15.1. The zero-order valence-corrected chi connectivity index (χ0v) is 14.9. The monoisotopic (exact) mass is 362 g/mol. The molecule has 0 spiro atoms. The molecule has 136 valence electrons. The molecule has 0 amide bonds. The van der Waals surface area contributed by atoms with Crippen LogP contribution in [0.5, 0.6) is 17.2 Å². The van der Waals surface area contributed by atoms with Gasteiger partial charge < -0.3 is 19.9 Å². The van der Waals surface area contributed by atoms with Gasteiger partial charge in [0.05, 0.1) is 14.2 Å². The van der Waals surface area contributed by atoms with Crippen molar-refractivity contribution in [3.63, 3.8) is 0 Å². The molecule has 0 saturated carbocycles. The van der Waals surface area contributed by atoms with Crippen LogP contribution in [0.3, 0.4) is 0 Å². The molecule has 7 nitrogen and oxygen atoms in total. The van der Waals surface area contributed by atoms with Crippen LogP contribution >= 0.6 is 0 Å². The molecule has 4 rings (SSSR count). The third-order valence-electron chi connectivity index (χ3n) is 4.19. The minimum Gasteiger partial charge on any atom is -0.502 e. The molecule has 7 heteroatoms. The third kappa shape index (κ3) is 2.99. The minimum atomic E-state index is -0.0526. The van der Waals surface area contributed by atoms with E-state index < -0.39 is 0 Å². The van der Waals surface area contributed by atoms with Crippen molar-refractivity contribution in [2.24, 2.45) is 0 Å². The predicted molar refractivity (Wildman–Crippen MR) is 103 cm³/mol. The van der Waals surface area contributed by atoms with E-state index in [2.05, 4.69) is 15.3 Å². The summed E-state index contributed by atoms with van der Waals surface area (Å²) >= 11 is 0. The third-order valence-corrected chi connectivity index (χ3v) is 4.19. The molecule has 2 N–H and O–H groups in total. The summed E-state index contributed by atoms with van der Waals surface area (Å²) in [5.74, 6) is 1.86. The smallest absolute Gasteiger partial charge is 0.235 e. The molecule has 0 bridgehead atoms. The van der Waals surface area contributed by atoms with Crippen molar-refractivity contribution in [1.29, 1.82) is 0 Å². The summed E-state index contributed by atoms with van der Waals surface area (Å²) in [4.78, 5) is 8.99. The summed E-state index contributed by atoms with van der Waals surface area (Å²) in [6.07, 6.45) is 3.58. The second kappa shape index (κ2) is 6.87. The van der Waals surface area contributed by atoms with Crippen LogP contribution in [0.25, 0.3) is 17.0 Å². The Morgan fingerprint density at radius 1 is 1.00 bits per heavy atom. The highest BCUT2D eigenvalue weighted by Crippen LogP contribution is 2.42. The van der Waals surface area contributed by atoms with Gasteiger partial charge >= 0.3 is 0 Å². The molecule has 0 aliphatic heterocycles. The van der Waals surface area contributed by atoms with E-state index in [1.807, 2.05) is 47.0 Å². The van der Waals surface area contributed by atoms with E-state index in [0.717, 1.165) is 17.1 Å². The fraction of sp³-hybridized carbons (Fsp3) is 0.100. The zero-order chi connectivity index (χ0) is 18.8. The average molecular weight is 362 g/mol. The highest BCUT2D eigenvalue weighted by molar-refractivity contribution is 5.81. The van der Waals surface area contributed by atoms with Crippen LogP contribution in [0.2, 0.25) is 0 Å². The molecule has 0 unspecified atom stereocenters. The van der Waals surface area contributed by atoms with Gasteiger partial charge in [-0.15, -0.1) is 0 Å². The van der Waals surface area contributed by atoms with Crippen LogP contribution in [-0.2, 0) is 0 Å². The van der Waals surface area contributed by atoms with Crippen molar-refractivity contribution < 1.29 is 14.6 Å². The number of nitrogens with zero attached hydrogens (tertiary/aromatic N) is 3. The molecule has 27 heavy (non-hydrogen) atoms. The van der Waals surface area contributed by atoms with E-state index >= 15 is 0 Å². The highest BCUT2D eigenvalue weighted by Gasteiger charge is 2.19. The molecular formula is C20H18N4O3. The van der Waals surface area contributed by atoms with Crippen LogP contribution in [-0.4, -0.2) is 33.7 Å². The number of para-hydroxylation sites is 1. The zero-order valence-electron chi connectivity index (χ0n) is 14.9. The van der Waals surface area contributed by atoms with Gasteiger partial charge in [-0.2, -0.15) is 0 Å². The summed E-state index contributed by atoms with van der Waals surface area (Å²) in [7, 11) is 2.99. The normalized spacial score (nSPS) is 10.7. The number of fused-ring (bicyclic) bond motifs is 1. The molecule has 0 aliphatic carbocycles. The van der Waals surface area contributed by atoms with Gasteiger partial charge in [0.25, 0.3) is 0 Å². The minimum absolute atomic E-state index is 0.0526. The van der Waals surface area contributed by atoms with Crippen LogP contribution in [0.4, 0.5) is 11.5 Å². The molecule has 2 heterocycles. The summed E-state index contributed by atoms with van der Waals surface area (Å²) < 4.78 is 12.4. The Labute approximate surface area is 155 Å². The Morgan fingerprint density at radius 2 is 1.70 bits per heavy atom. The lowest BCUT2D eigenvalue weighted by atomic mass is 10.1. The fourth-order valence-electron chi connectivity index (χ4n) is 2.90. The van der Waals surface area contributed by atoms with Crippen molar-refractivity contribution in [3.05, 3.63) is 60.9 Å². The lowest BCUT2D eigenvalue weighted by molar-refractivity contribution is 0.340. The largest absolute Gasteiger partial charge is 0.502 e. The molecular weight excluding hydrogens is 344 g/mol. The standard InChI is InChI=1S/C20H18N4O3/c1-26-15-11-13(12-16(27-2)18(15)25)17-19(22-14-7-4-3-5-8-14)24-10-6-9-21-20(24)23-17/h3-12,22,25H,1-2H3. The number of aromatic hydroxyl groups is 1. The van der Waals surface area contributed by atoms with E-state index in [1.54, 1.807) is 18.3 Å². The maximum absolute atomic E-state index is 10.2. The Bertz CT molecular complexity index is 1070. The number of benzene rings is 2. The quantitative estimate of drug-likeness (QED) is 0.561. The van der Waals surface area contributed by atoms with Crippen LogP contribution in [0.15, 0.2) is 60.9 Å². The van der Waals surface area contributed by atoms with E-state index in [9.17, 15) is 5.11 Å². The van der Waals surface area contributed by atoms with E-state index in [0.29, 0.717) is 23.0 Å². The number of imidazole rings is 1. The number of aromatic nitrogens is 3. The summed E-state index contributed by atoms with van der Waals surface area (Å²) in [5.41, 5.74) is 2.31. The summed E-state index contributed by atoms with van der Waals surface area (Å²) in [6.45, 7) is 0. The van der Waals surface area contributed by atoms with Gasteiger partial charge in [0.2, 0.25) is 11.5 Å². The van der Waals surface area contributed by atoms with Crippen molar-refractivity contribution in [2.45, 2.75) is 0 Å². The maximum Gasteiger partial charge on any atom is 0.235 e. The Balaban J connectivity index is 1.93. The number of hydrogen-bond acceptors (Lipinski definition) is 6. The SMILES string of the molecule is COc1cc(-c2nc3ncccn3c2Nc2ccccc2)cc(OC)c1O. The first kappa shape index (κ1) is 16.7. The molecule has 4 aromatic rings. The van der Waals surface area contributed by atoms with E-state index in [4.69, 9.17) is 9.47 Å². The number of phenolic OH excluding ortho intramolecular Hbond substituents is 1. The molecule has 0 saturated heterocycles. The lowest BCUT2D eigenvalue weighted by Gasteiger charge is -2.12. The van der Waals surface area contributed by atoms with Gasteiger partial charge in [-0.25, -0.2) is 9.97 Å². The molecule has 2 aromatic heterocycles. The van der Waals surface area contributed by atoms with Crippen molar-refractivity contribution >= 4 is 17.3 Å². The van der Waals surface area contributed by atoms with Gasteiger partial charge in [-0.3, -0.25) is 4.40 Å². The van der Waals surface area contributed by atoms with Crippen molar-refractivity contribution in [1.82, 2.24) is 14.4 Å². The van der Waals surface area contributed by atoms with Gasteiger partial charge in [0.15, 0.2) is 11.5 Å². The van der Waals surface area contributed by atoms with Crippen molar-refractivity contribution in [3.8, 4) is 28.5 Å². The average Bonchev–Trinajstić information content (AvgIpc) is 3.07. The number of phenols is 1. The van der Waals surface area contributed by atoms with Crippen LogP contribution < -0.4 is 14.8 Å². The van der Waals surface area contributed by atoms with Crippen molar-refractivity contribution in [2.75, 3.05) is 19.5 Å². The second-order valence-corrected chi connectivity index (χ2v) is 5.82. The van der Waals surface area contributed by atoms with Crippen LogP contribution in [0, 0.1) is 0 Å². The first-order chi connectivity index (χ1) is 13.2. The Kier molecular flexibility index (Phi) is 4.25. The summed E-state index contributed by atoms with van der Waals surface area (Å²) in [5, 5.41) is 13.6. The highest BCUT2D eigenvalue weighted by atomic mass is 16.5. The lowest BCUT2D eigenvalue weighted by Crippen LogP contribution is -1.97. The topological polar surface area (TPSA) is 80.9 Å². The fourth-order valence-corrected chi connectivity index (χ4v) is 2.90. The van der Waals surface area contributed by atoms with Gasteiger partial charge in [-0.05, 0) is 30.3 Å². The predicted octanol–water partition coefficient (Wildman–Crippen LogP) is 3.86. The molecule has 0 aliphatic rings. The Hall–Kier alpha value is -3.74. The van der Waals surface area contributed by atoms with E-state index in [1.165, 1.54) is 14.2 Å². The number of nitrogens with one attached hydrogen (secondary N) is 1. The second-order valence-electron chi connectivity index (χ2n) is 5.82. The molecule has 2 aromatic carbocycles. The number of hydrogen-bond donors (Lipinski definition) is 2. The molecule has 0 atom stereocenters. The first-order valence-corrected chi connectivity index (χ1v) is 8.31. The molecule has 0 fully saturated rings. The number of rotatable bonds is 5. The number of anilines is 2. The van der Waals surface area contributed by atoms with Gasteiger partial charge in [0, 0.05) is 23.6 Å². The number of methoxy groups -OCH3 is 2. The molecule has 0 radical (unpaired) electrons. The maximum atomic E-state index is 10.2.